The van der Waals surface area contributed by atoms with E-state index in [1.807, 2.05) is 60.5 Å². The number of anilines is 2. The highest BCUT2D eigenvalue weighted by atomic mass is 32.1. The molecule has 0 spiro atoms. The smallest absolute Gasteiger partial charge is 0.293 e. The summed E-state index contributed by atoms with van der Waals surface area (Å²) in [6, 6.07) is 19.1. The van der Waals surface area contributed by atoms with Crippen molar-refractivity contribution >= 4 is 50.8 Å². The number of hydrogen-bond donors (Lipinski definition) is 0. The van der Waals surface area contributed by atoms with Gasteiger partial charge >= 0.3 is 0 Å². The molecule has 1 heterocycles. The van der Waals surface area contributed by atoms with Gasteiger partial charge in [0.05, 0.1) is 15.1 Å². The highest BCUT2D eigenvalue weighted by Gasteiger charge is 2.18. The lowest BCUT2D eigenvalue weighted by Crippen LogP contribution is -2.11. The van der Waals surface area contributed by atoms with Gasteiger partial charge in [-0.25, -0.2) is 4.98 Å². The Hall–Kier alpha value is -3.51. The molecule has 0 saturated heterocycles. The van der Waals surface area contributed by atoms with E-state index < -0.39 is 0 Å². The summed E-state index contributed by atoms with van der Waals surface area (Å²) in [4.78, 5) is 17.9. The molecule has 5 nitrogen and oxygen atoms in total. The number of benzene rings is 3. The molecule has 30 heavy (non-hydrogen) atoms. The third-order valence-electron chi connectivity index (χ3n) is 5.14. The standard InChI is InChI=1S/C24H21N3O2S/c1-16-13-20-23(14-17(16)2)30-24(25-20)12-10-18-9-11-21(22(15-18)27(28)29)26(3)19-7-5-4-6-8-19/h4-15H,1-3H3/b12-10+. The van der Waals surface area contributed by atoms with Gasteiger partial charge in [0.1, 0.15) is 10.7 Å². The quantitative estimate of drug-likeness (QED) is 0.267. The van der Waals surface area contributed by atoms with Crippen LogP contribution in [0.3, 0.4) is 0 Å². The Morgan fingerprint density at radius 2 is 1.73 bits per heavy atom. The van der Waals surface area contributed by atoms with Crippen molar-refractivity contribution in [2.24, 2.45) is 0 Å². The molecule has 0 saturated carbocycles. The van der Waals surface area contributed by atoms with Crippen molar-refractivity contribution in [2.45, 2.75) is 13.8 Å². The van der Waals surface area contributed by atoms with E-state index in [2.05, 4.69) is 31.0 Å². The van der Waals surface area contributed by atoms with E-state index in [1.54, 1.807) is 23.5 Å². The Balaban J connectivity index is 1.65. The molecule has 0 bridgehead atoms. The zero-order valence-electron chi connectivity index (χ0n) is 17.0. The first kappa shape index (κ1) is 19.8. The van der Waals surface area contributed by atoms with E-state index in [1.165, 1.54) is 11.1 Å². The Bertz CT molecular complexity index is 1220. The van der Waals surface area contributed by atoms with Crippen LogP contribution in [-0.2, 0) is 0 Å². The molecule has 4 aromatic rings. The Kier molecular flexibility index (Phi) is 5.33. The van der Waals surface area contributed by atoms with Crippen LogP contribution in [0.5, 0.6) is 0 Å². The van der Waals surface area contributed by atoms with Crippen molar-refractivity contribution in [2.75, 3.05) is 11.9 Å². The molecule has 0 amide bonds. The number of para-hydroxylation sites is 1. The summed E-state index contributed by atoms with van der Waals surface area (Å²) >= 11 is 1.62. The first-order valence-electron chi connectivity index (χ1n) is 9.55. The third kappa shape index (κ3) is 3.95. The summed E-state index contributed by atoms with van der Waals surface area (Å²) in [6.45, 7) is 4.17. The summed E-state index contributed by atoms with van der Waals surface area (Å²) in [5, 5.41) is 12.6. The molecular weight excluding hydrogens is 394 g/mol. The molecule has 0 fully saturated rings. The van der Waals surface area contributed by atoms with E-state index in [0.29, 0.717) is 5.69 Å². The van der Waals surface area contributed by atoms with E-state index in [4.69, 9.17) is 0 Å². The molecule has 0 unspecified atom stereocenters. The predicted octanol–water partition coefficient (Wildman–Crippen LogP) is 6.76. The molecule has 4 rings (SSSR count). The van der Waals surface area contributed by atoms with E-state index >= 15 is 0 Å². The Labute approximate surface area is 179 Å². The average molecular weight is 416 g/mol. The van der Waals surface area contributed by atoms with E-state index in [9.17, 15) is 10.1 Å². The maximum Gasteiger partial charge on any atom is 0.293 e. The summed E-state index contributed by atoms with van der Waals surface area (Å²) in [5.74, 6) is 0. The van der Waals surface area contributed by atoms with Gasteiger partial charge in [-0.1, -0.05) is 30.3 Å². The fourth-order valence-corrected chi connectivity index (χ4v) is 4.25. The third-order valence-corrected chi connectivity index (χ3v) is 6.12. The molecule has 0 aliphatic carbocycles. The molecule has 1 aromatic heterocycles. The largest absolute Gasteiger partial charge is 0.339 e. The Morgan fingerprint density at radius 1 is 1.00 bits per heavy atom. The van der Waals surface area contributed by atoms with Crippen LogP contribution in [0.25, 0.3) is 22.4 Å². The van der Waals surface area contributed by atoms with Crippen LogP contribution >= 0.6 is 11.3 Å². The number of aryl methyl sites for hydroxylation is 2. The zero-order chi connectivity index (χ0) is 21.3. The number of nitrogens with zero attached hydrogens (tertiary/aromatic N) is 3. The molecule has 0 atom stereocenters. The molecule has 3 aromatic carbocycles. The van der Waals surface area contributed by atoms with Crippen LogP contribution in [0.4, 0.5) is 17.1 Å². The molecule has 150 valence electrons. The van der Waals surface area contributed by atoms with Crippen molar-refractivity contribution in [1.82, 2.24) is 4.98 Å². The van der Waals surface area contributed by atoms with Crippen LogP contribution in [0.1, 0.15) is 21.7 Å². The second-order valence-corrected chi connectivity index (χ2v) is 8.25. The number of hydrogen-bond acceptors (Lipinski definition) is 5. The van der Waals surface area contributed by atoms with Crippen molar-refractivity contribution in [3.05, 3.63) is 92.5 Å². The van der Waals surface area contributed by atoms with Crippen LogP contribution in [0.2, 0.25) is 0 Å². The van der Waals surface area contributed by atoms with Gasteiger partial charge in [-0.2, -0.15) is 0 Å². The van der Waals surface area contributed by atoms with Gasteiger partial charge in [-0.15, -0.1) is 11.3 Å². The van der Waals surface area contributed by atoms with Gasteiger partial charge in [-0.3, -0.25) is 10.1 Å². The van der Waals surface area contributed by atoms with Gasteiger partial charge in [0.15, 0.2) is 0 Å². The molecule has 0 radical (unpaired) electrons. The maximum atomic E-state index is 11.7. The summed E-state index contributed by atoms with van der Waals surface area (Å²) in [7, 11) is 1.83. The fraction of sp³-hybridized carbons (Fsp3) is 0.125. The normalized spacial score (nSPS) is 11.3. The molecule has 0 aliphatic rings. The van der Waals surface area contributed by atoms with Gasteiger partial charge in [0.25, 0.3) is 5.69 Å². The van der Waals surface area contributed by atoms with Gasteiger partial charge in [0.2, 0.25) is 0 Å². The monoisotopic (exact) mass is 415 g/mol. The minimum atomic E-state index is -0.338. The second-order valence-electron chi connectivity index (χ2n) is 7.19. The number of nitro benzene ring substituents is 1. The summed E-state index contributed by atoms with van der Waals surface area (Å²) < 4.78 is 1.14. The SMILES string of the molecule is Cc1cc2nc(/C=C/c3ccc(N(C)c4ccccc4)c([N+](=O)[O-])c3)sc2cc1C. The lowest BCUT2D eigenvalue weighted by atomic mass is 10.1. The minimum Gasteiger partial charge on any atom is -0.339 e. The van der Waals surface area contributed by atoms with Crippen LogP contribution in [0, 0.1) is 24.0 Å². The van der Waals surface area contributed by atoms with Crippen LogP contribution in [0.15, 0.2) is 60.7 Å². The lowest BCUT2D eigenvalue weighted by molar-refractivity contribution is -0.384. The first-order chi connectivity index (χ1) is 14.4. The molecule has 6 heteroatoms. The minimum absolute atomic E-state index is 0.0686. The Morgan fingerprint density at radius 3 is 2.47 bits per heavy atom. The number of aromatic nitrogens is 1. The van der Waals surface area contributed by atoms with E-state index in [0.717, 1.165) is 26.5 Å². The predicted molar refractivity (Wildman–Crippen MR) is 126 cm³/mol. The van der Waals surface area contributed by atoms with Crippen LogP contribution in [-0.4, -0.2) is 17.0 Å². The second kappa shape index (κ2) is 8.08. The van der Waals surface area contributed by atoms with Crippen molar-refractivity contribution in [3.63, 3.8) is 0 Å². The van der Waals surface area contributed by atoms with Crippen molar-refractivity contribution < 1.29 is 4.92 Å². The van der Waals surface area contributed by atoms with Crippen molar-refractivity contribution in [3.8, 4) is 0 Å². The summed E-state index contributed by atoms with van der Waals surface area (Å²) in [5.41, 5.74) is 5.72. The molecule has 0 aliphatic heterocycles. The zero-order valence-corrected chi connectivity index (χ0v) is 17.8. The molecule has 0 N–H and O–H groups in total. The maximum absolute atomic E-state index is 11.7. The van der Waals surface area contributed by atoms with Gasteiger partial charge in [0, 0.05) is 18.8 Å². The number of fused-ring (bicyclic) bond motifs is 1. The fourth-order valence-electron chi connectivity index (χ4n) is 3.30. The topological polar surface area (TPSA) is 59.3 Å². The van der Waals surface area contributed by atoms with Gasteiger partial charge in [-0.05, 0) is 66.9 Å². The molecular formula is C24H21N3O2S. The highest BCUT2D eigenvalue weighted by molar-refractivity contribution is 7.19. The summed E-state index contributed by atoms with van der Waals surface area (Å²) in [6.07, 6.45) is 3.78. The first-order valence-corrected chi connectivity index (χ1v) is 10.4. The van der Waals surface area contributed by atoms with Gasteiger partial charge < -0.3 is 4.90 Å². The van der Waals surface area contributed by atoms with E-state index in [-0.39, 0.29) is 10.6 Å². The number of rotatable bonds is 5. The van der Waals surface area contributed by atoms with Crippen molar-refractivity contribution in [1.29, 1.82) is 0 Å². The average Bonchev–Trinajstić information content (AvgIpc) is 3.14. The number of thiazole rings is 1. The van der Waals surface area contributed by atoms with Crippen LogP contribution < -0.4 is 4.90 Å². The number of nitro groups is 1. The lowest BCUT2D eigenvalue weighted by Gasteiger charge is -2.19. The highest BCUT2D eigenvalue weighted by Crippen LogP contribution is 2.34.